The molecule has 0 atom stereocenters. The lowest BCUT2D eigenvalue weighted by atomic mass is 10.1. The summed E-state index contributed by atoms with van der Waals surface area (Å²) in [5, 5.41) is 0. The highest BCUT2D eigenvalue weighted by Crippen LogP contribution is 2.23. The maximum atomic E-state index is 4.53. The molecule has 0 amide bonds. The lowest BCUT2D eigenvalue weighted by Crippen LogP contribution is -2.47. The van der Waals surface area contributed by atoms with Gasteiger partial charge in [-0.25, -0.2) is 19.9 Å². The Bertz CT molecular complexity index is 721. The largest absolute Gasteiger partial charge is 0.356 e. The van der Waals surface area contributed by atoms with Crippen LogP contribution in [0.2, 0.25) is 0 Å². The second-order valence-corrected chi connectivity index (χ2v) is 6.98. The summed E-state index contributed by atoms with van der Waals surface area (Å²) < 4.78 is 0. The minimum atomic E-state index is 0.940. The number of aromatic nitrogens is 4. The highest BCUT2D eigenvalue weighted by Gasteiger charge is 2.21. The van der Waals surface area contributed by atoms with E-state index in [-0.39, 0.29) is 0 Å². The van der Waals surface area contributed by atoms with Crippen molar-refractivity contribution in [1.29, 1.82) is 0 Å². The van der Waals surface area contributed by atoms with Crippen molar-refractivity contribution in [2.75, 3.05) is 54.0 Å². The van der Waals surface area contributed by atoms with E-state index in [1.807, 2.05) is 0 Å². The Kier molecular flexibility index (Phi) is 5.13. The van der Waals surface area contributed by atoms with Gasteiger partial charge in [-0.05, 0) is 25.7 Å². The van der Waals surface area contributed by atoms with Gasteiger partial charge in [0, 0.05) is 57.1 Å². The molecule has 0 aromatic carbocycles. The molecule has 0 aliphatic carbocycles. The molecule has 2 aliphatic heterocycles. The summed E-state index contributed by atoms with van der Waals surface area (Å²) in [4.78, 5) is 24.9. The van der Waals surface area contributed by atoms with E-state index >= 15 is 0 Å². The normalized spacial score (nSPS) is 18.3. The summed E-state index contributed by atoms with van der Waals surface area (Å²) in [5.41, 5.74) is 1.10. The zero-order valence-electron chi connectivity index (χ0n) is 15.5. The molecule has 0 spiro atoms. The molecule has 2 aromatic heterocycles. The Hall–Kier alpha value is -2.44. The van der Waals surface area contributed by atoms with Gasteiger partial charge in [0.1, 0.15) is 30.1 Å². The third kappa shape index (κ3) is 3.71. The van der Waals surface area contributed by atoms with Gasteiger partial charge in [0.15, 0.2) is 0 Å². The third-order valence-corrected chi connectivity index (χ3v) is 5.32. The molecule has 0 bridgehead atoms. The van der Waals surface area contributed by atoms with E-state index in [4.69, 9.17) is 0 Å². The van der Waals surface area contributed by atoms with Gasteiger partial charge in [0.25, 0.3) is 0 Å². The number of anilines is 3. The molecule has 2 fully saturated rings. The van der Waals surface area contributed by atoms with Crippen LogP contribution in [0.15, 0.2) is 24.8 Å². The summed E-state index contributed by atoms with van der Waals surface area (Å²) in [5.74, 6) is 3.14. The fraction of sp³-hybridized carbons (Fsp3) is 0.579. The molecular weight excluding hydrogens is 326 g/mol. The van der Waals surface area contributed by atoms with Crippen LogP contribution < -0.4 is 14.7 Å². The van der Waals surface area contributed by atoms with Crippen LogP contribution >= 0.6 is 0 Å². The fourth-order valence-electron chi connectivity index (χ4n) is 3.72. The van der Waals surface area contributed by atoms with Gasteiger partial charge in [-0.3, -0.25) is 0 Å². The van der Waals surface area contributed by atoms with Gasteiger partial charge in [-0.15, -0.1) is 0 Å². The smallest absolute Gasteiger partial charge is 0.134 e. The first-order valence-corrected chi connectivity index (χ1v) is 9.71. The van der Waals surface area contributed by atoms with Crippen molar-refractivity contribution in [2.24, 2.45) is 0 Å². The molecule has 7 nitrogen and oxygen atoms in total. The zero-order chi connectivity index (χ0) is 17.8. The quantitative estimate of drug-likeness (QED) is 0.834. The number of aryl methyl sites for hydroxylation is 1. The summed E-state index contributed by atoms with van der Waals surface area (Å²) in [7, 11) is 0. The topological polar surface area (TPSA) is 61.3 Å². The van der Waals surface area contributed by atoms with E-state index in [2.05, 4.69) is 53.7 Å². The first-order chi connectivity index (χ1) is 12.8. The molecule has 4 rings (SSSR count). The van der Waals surface area contributed by atoms with Crippen molar-refractivity contribution in [3.63, 3.8) is 0 Å². The second kappa shape index (κ2) is 7.85. The van der Waals surface area contributed by atoms with Crippen molar-refractivity contribution in [1.82, 2.24) is 19.9 Å². The minimum Gasteiger partial charge on any atom is -0.356 e. The Balaban J connectivity index is 1.41. The van der Waals surface area contributed by atoms with Crippen LogP contribution in [0.1, 0.15) is 31.9 Å². The van der Waals surface area contributed by atoms with Crippen molar-refractivity contribution in [3.05, 3.63) is 30.5 Å². The van der Waals surface area contributed by atoms with Crippen LogP contribution in [0, 0.1) is 0 Å². The molecule has 2 saturated heterocycles. The Labute approximate surface area is 155 Å². The van der Waals surface area contributed by atoms with Crippen LogP contribution in [0.25, 0.3) is 0 Å². The highest BCUT2D eigenvalue weighted by molar-refractivity contribution is 5.52. The Morgan fingerprint density at radius 3 is 1.73 bits per heavy atom. The lowest BCUT2D eigenvalue weighted by Gasteiger charge is -2.36. The molecule has 4 heterocycles. The molecule has 0 radical (unpaired) electrons. The first-order valence-electron chi connectivity index (χ1n) is 9.71. The van der Waals surface area contributed by atoms with Gasteiger partial charge in [0.05, 0.1) is 0 Å². The maximum Gasteiger partial charge on any atom is 0.134 e. The van der Waals surface area contributed by atoms with Crippen molar-refractivity contribution in [3.8, 4) is 0 Å². The molecule has 138 valence electrons. The molecule has 26 heavy (non-hydrogen) atoms. The predicted octanol–water partition coefficient (Wildman–Crippen LogP) is 2.15. The van der Waals surface area contributed by atoms with Gasteiger partial charge in [-0.2, -0.15) is 0 Å². The van der Waals surface area contributed by atoms with E-state index < -0.39 is 0 Å². The van der Waals surface area contributed by atoms with E-state index in [9.17, 15) is 0 Å². The summed E-state index contributed by atoms with van der Waals surface area (Å²) >= 11 is 0. The van der Waals surface area contributed by atoms with E-state index in [0.29, 0.717) is 0 Å². The number of hydrogen-bond donors (Lipinski definition) is 0. The third-order valence-electron chi connectivity index (χ3n) is 5.32. The number of rotatable bonds is 4. The first kappa shape index (κ1) is 17.0. The van der Waals surface area contributed by atoms with E-state index in [0.717, 1.165) is 68.8 Å². The zero-order valence-corrected chi connectivity index (χ0v) is 15.5. The van der Waals surface area contributed by atoms with Gasteiger partial charge in [-0.1, -0.05) is 6.92 Å². The average Bonchev–Trinajstić information content (AvgIpc) is 2.75. The van der Waals surface area contributed by atoms with Crippen LogP contribution in [-0.4, -0.2) is 59.2 Å². The number of hydrogen-bond acceptors (Lipinski definition) is 7. The van der Waals surface area contributed by atoms with Crippen molar-refractivity contribution < 1.29 is 0 Å². The van der Waals surface area contributed by atoms with Gasteiger partial charge >= 0.3 is 0 Å². The Morgan fingerprint density at radius 1 is 0.654 bits per heavy atom. The van der Waals surface area contributed by atoms with Gasteiger partial charge < -0.3 is 14.7 Å². The monoisotopic (exact) mass is 353 g/mol. The average molecular weight is 353 g/mol. The van der Waals surface area contributed by atoms with Crippen LogP contribution in [0.3, 0.4) is 0 Å². The molecular formula is C19H27N7. The van der Waals surface area contributed by atoms with Crippen LogP contribution in [0.5, 0.6) is 0 Å². The molecule has 0 N–H and O–H groups in total. The summed E-state index contributed by atoms with van der Waals surface area (Å²) in [6.45, 7) is 8.13. The summed E-state index contributed by atoms with van der Waals surface area (Å²) in [6, 6.07) is 4.26. The second-order valence-electron chi connectivity index (χ2n) is 6.98. The number of nitrogens with zero attached hydrogens (tertiary/aromatic N) is 7. The number of piperidine rings is 1. The Morgan fingerprint density at radius 2 is 1.15 bits per heavy atom. The molecule has 0 saturated carbocycles. The SMILES string of the molecule is CCc1cc(N2CCN(c3cc(N4CCCCC4)ncn3)CC2)ncn1. The van der Waals surface area contributed by atoms with Crippen LogP contribution in [-0.2, 0) is 6.42 Å². The van der Waals surface area contributed by atoms with Crippen LogP contribution in [0.4, 0.5) is 17.5 Å². The fourth-order valence-corrected chi connectivity index (χ4v) is 3.72. The van der Waals surface area contributed by atoms with Crippen molar-refractivity contribution in [2.45, 2.75) is 32.6 Å². The standard InChI is InChI=1S/C19H27N7/c1-2-16-12-17(21-14-20-16)25-8-10-26(11-9-25)19-13-18(22-15-23-19)24-6-4-3-5-7-24/h12-15H,2-11H2,1H3. The summed E-state index contributed by atoms with van der Waals surface area (Å²) in [6.07, 6.45) is 8.18. The van der Waals surface area contributed by atoms with Gasteiger partial charge in [0.2, 0.25) is 0 Å². The number of piperazine rings is 1. The molecule has 2 aliphatic rings. The molecule has 2 aromatic rings. The molecule has 7 heteroatoms. The van der Waals surface area contributed by atoms with Crippen molar-refractivity contribution >= 4 is 17.5 Å². The van der Waals surface area contributed by atoms with E-state index in [1.54, 1.807) is 12.7 Å². The minimum absolute atomic E-state index is 0.940. The maximum absolute atomic E-state index is 4.53. The predicted molar refractivity (Wildman–Crippen MR) is 104 cm³/mol. The molecule has 0 unspecified atom stereocenters. The van der Waals surface area contributed by atoms with E-state index in [1.165, 1.54) is 19.3 Å². The lowest BCUT2D eigenvalue weighted by molar-refractivity contribution is 0.572. The highest BCUT2D eigenvalue weighted by atomic mass is 15.3.